The average molecular weight is 293 g/mol. The second-order valence-electron chi connectivity index (χ2n) is 4.90. The molecule has 0 radical (unpaired) electrons. The van der Waals surface area contributed by atoms with Crippen LogP contribution >= 0.6 is 11.3 Å². The van der Waals surface area contributed by atoms with Crippen LogP contribution in [0.3, 0.4) is 0 Å². The Labute approximate surface area is 123 Å². The van der Waals surface area contributed by atoms with Crippen molar-refractivity contribution in [3.63, 3.8) is 0 Å². The van der Waals surface area contributed by atoms with Gasteiger partial charge >= 0.3 is 0 Å². The smallest absolute Gasteiger partial charge is 0.123 e. The van der Waals surface area contributed by atoms with Gasteiger partial charge in [-0.15, -0.1) is 11.3 Å². The van der Waals surface area contributed by atoms with E-state index >= 15 is 0 Å². The molecule has 1 aromatic carbocycles. The maximum absolute atomic E-state index is 12.9. The third-order valence-electron chi connectivity index (χ3n) is 3.34. The van der Waals surface area contributed by atoms with Crippen LogP contribution in [0.25, 0.3) is 0 Å². The number of hydrogen-bond donors (Lipinski definition) is 1. The van der Waals surface area contributed by atoms with Gasteiger partial charge in [0.2, 0.25) is 0 Å². The van der Waals surface area contributed by atoms with Crippen molar-refractivity contribution in [2.75, 3.05) is 20.6 Å². The van der Waals surface area contributed by atoms with Gasteiger partial charge in [0.1, 0.15) is 5.82 Å². The molecule has 1 N–H and O–H groups in total. The van der Waals surface area contributed by atoms with Crippen molar-refractivity contribution in [2.45, 2.75) is 19.0 Å². The van der Waals surface area contributed by atoms with Gasteiger partial charge in [-0.25, -0.2) is 9.37 Å². The molecule has 1 atom stereocenters. The predicted octanol–water partition coefficient (Wildman–Crippen LogP) is 3.06. The molecule has 0 aliphatic carbocycles. The van der Waals surface area contributed by atoms with Crippen LogP contribution in [0.2, 0.25) is 0 Å². The van der Waals surface area contributed by atoms with Crippen LogP contribution in [0.1, 0.15) is 23.7 Å². The first-order valence-electron chi connectivity index (χ1n) is 6.67. The van der Waals surface area contributed by atoms with Crippen molar-refractivity contribution in [1.29, 1.82) is 0 Å². The van der Waals surface area contributed by atoms with E-state index in [4.69, 9.17) is 0 Å². The highest BCUT2D eigenvalue weighted by molar-refractivity contribution is 7.07. The average Bonchev–Trinajstić information content (AvgIpc) is 2.94. The Morgan fingerprint density at radius 2 is 2.10 bits per heavy atom. The van der Waals surface area contributed by atoms with Crippen LogP contribution in [-0.2, 0) is 6.54 Å². The highest BCUT2D eigenvalue weighted by atomic mass is 32.1. The Hall–Kier alpha value is -1.30. The molecule has 2 rings (SSSR count). The van der Waals surface area contributed by atoms with E-state index in [1.54, 1.807) is 11.3 Å². The van der Waals surface area contributed by atoms with Crippen molar-refractivity contribution in [2.24, 2.45) is 0 Å². The summed E-state index contributed by atoms with van der Waals surface area (Å²) in [6, 6.07) is 6.96. The zero-order valence-electron chi connectivity index (χ0n) is 11.8. The summed E-state index contributed by atoms with van der Waals surface area (Å²) in [5, 5.41) is 5.36. The lowest BCUT2D eigenvalue weighted by Crippen LogP contribution is -2.25. The second-order valence-corrected chi connectivity index (χ2v) is 5.62. The fourth-order valence-corrected chi connectivity index (χ4v) is 2.74. The molecular formula is C15H20FN3S. The highest BCUT2D eigenvalue weighted by Crippen LogP contribution is 2.17. The Balaban J connectivity index is 1.85. The summed E-state index contributed by atoms with van der Waals surface area (Å²) >= 11 is 1.62. The van der Waals surface area contributed by atoms with Gasteiger partial charge in [-0.2, -0.15) is 0 Å². The number of aromatic nitrogens is 1. The molecule has 0 saturated heterocycles. The summed E-state index contributed by atoms with van der Waals surface area (Å²) in [5.41, 5.74) is 4.09. The zero-order chi connectivity index (χ0) is 14.4. The van der Waals surface area contributed by atoms with E-state index in [9.17, 15) is 4.39 Å². The van der Waals surface area contributed by atoms with Crippen LogP contribution in [-0.4, -0.2) is 30.5 Å². The summed E-state index contributed by atoms with van der Waals surface area (Å²) in [6.07, 6.45) is 0.975. The molecule has 0 amide bonds. The molecule has 1 aromatic heterocycles. The van der Waals surface area contributed by atoms with Gasteiger partial charge in [0.25, 0.3) is 0 Å². The van der Waals surface area contributed by atoms with Crippen molar-refractivity contribution >= 4 is 11.3 Å². The summed E-state index contributed by atoms with van der Waals surface area (Å²) < 4.78 is 12.9. The molecule has 5 heteroatoms. The number of benzene rings is 1. The normalized spacial score (nSPS) is 12.8. The minimum Gasteiger partial charge on any atom is -0.313 e. The van der Waals surface area contributed by atoms with Crippen LogP contribution in [0.4, 0.5) is 4.39 Å². The fourth-order valence-electron chi connectivity index (χ4n) is 2.19. The van der Waals surface area contributed by atoms with Gasteiger partial charge in [-0.3, -0.25) is 0 Å². The Morgan fingerprint density at radius 3 is 2.70 bits per heavy atom. The number of hydrogen-bond acceptors (Lipinski definition) is 4. The molecule has 0 saturated carbocycles. The molecule has 20 heavy (non-hydrogen) atoms. The van der Waals surface area contributed by atoms with Crippen LogP contribution in [0.5, 0.6) is 0 Å². The molecule has 1 heterocycles. The number of nitrogens with zero attached hydrogens (tertiary/aromatic N) is 2. The molecule has 0 aliphatic rings. The van der Waals surface area contributed by atoms with E-state index < -0.39 is 0 Å². The first-order valence-corrected chi connectivity index (χ1v) is 7.61. The van der Waals surface area contributed by atoms with E-state index in [2.05, 4.69) is 27.6 Å². The lowest BCUT2D eigenvalue weighted by Gasteiger charge is -2.21. The first kappa shape index (κ1) is 15.1. The number of thiazole rings is 1. The van der Waals surface area contributed by atoms with Gasteiger partial charge in [0, 0.05) is 24.5 Å². The van der Waals surface area contributed by atoms with Gasteiger partial charge in [0.15, 0.2) is 0 Å². The van der Waals surface area contributed by atoms with Gasteiger partial charge in [-0.05, 0) is 38.2 Å². The molecule has 0 bridgehead atoms. The lowest BCUT2D eigenvalue weighted by molar-refractivity contribution is 0.301. The molecule has 108 valence electrons. The minimum atomic E-state index is -0.191. The molecule has 0 fully saturated rings. The largest absolute Gasteiger partial charge is 0.313 e. The van der Waals surface area contributed by atoms with Crippen LogP contribution < -0.4 is 5.32 Å². The van der Waals surface area contributed by atoms with Crippen molar-refractivity contribution in [1.82, 2.24) is 15.2 Å². The molecule has 0 spiro atoms. The van der Waals surface area contributed by atoms with E-state index in [1.165, 1.54) is 12.1 Å². The van der Waals surface area contributed by atoms with Gasteiger partial charge in [0.05, 0.1) is 11.2 Å². The lowest BCUT2D eigenvalue weighted by atomic mass is 10.0. The Morgan fingerprint density at radius 1 is 1.35 bits per heavy atom. The zero-order valence-corrected chi connectivity index (χ0v) is 12.7. The molecule has 2 aromatic rings. The highest BCUT2D eigenvalue weighted by Gasteiger charge is 2.11. The summed E-state index contributed by atoms with van der Waals surface area (Å²) in [6.45, 7) is 1.82. The first-order chi connectivity index (χ1) is 9.69. The molecule has 0 aliphatic heterocycles. The number of halogens is 1. The third kappa shape index (κ3) is 4.37. The summed E-state index contributed by atoms with van der Waals surface area (Å²) in [7, 11) is 4.03. The van der Waals surface area contributed by atoms with Crippen molar-refractivity contribution < 1.29 is 4.39 Å². The Bertz CT molecular complexity index is 498. The van der Waals surface area contributed by atoms with Crippen LogP contribution in [0, 0.1) is 5.82 Å². The standard InChI is InChI=1S/C15H20FN3S/c1-17-15(12-3-5-13(16)6-4-12)7-8-19(2)9-14-10-20-11-18-14/h3-6,10-11,15,17H,7-9H2,1-2H3. The van der Waals surface area contributed by atoms with E-state index in [0.717, 1.165) is 30.8 Å². The minimum absolute atomic E-state index is 0.191. The predicted molar refractivity (Wildman–Crippen MR) is 81.3 cm³/mol. The SMILES string of the molecule is CNC(CCN(C)Cc1cscn1)c1ccc(F)cc1. The molecular weight excluding hydrogens is 273 g/mol. The van der Waals surface area contributed by atoms with E-state index in [1.807, 2.05) is 24.7 Å². The third-order valence-corrected chi connectivity index (χ3v) is 3.97. The fraction of sp³-hybridized carbons (Fsp3) is 0.400. The second kappa shape index (κ2) is 7.47. The Kier molecular flexibility index (Phi) is 5.64. The maximum atomic E-state index is 12.9. The monoisotopic (exact) mass is 293 g/mol. The number of rotatable bonds is 7. The molecule has 1 unspecified atom stereocenters. The topological polar surface area (TPSA) is 28.2 Å². The molecule has 3 nitrogen and oxygen atoms in total. The van der Waals surface area contributed by atoms with Gasteiger partial charge < -0.3 is 10.2 Å². The van der Waals surface area contributed by atoms with Crippen molar-refractivity contribution in [3.8, 4) is 0 Å². The number of nitrogens with one attached hydrogen (secondary N) is 1. The summed E-state index contributed by atoms with van der Waals surface area (Å²) in [5.74, 6) is -0.191. The quantitative estimate of drug-likeness (QED) is 0.850. The van der Waals surface area contributed by atoms with Gasteiger partial charge in [-0.1, -0.05) is 12.1 Å². The van der Waals surface area contributed by atoms with E-state index in [-0.39, 0.29) is 11.9 Å². The van der Waals surface area contributed by atoms with Crippen LogP contribution in [0.15, 0.2) is 35.2 Å². The summed E-state index contributed by atoms with van der Waals surface area (Å²) in [4.78, 5) is 6.54. The van der Waals surface area contributed by atoms with E-state index in [0.29, 0.717) is 0 Å². The van der Waals surface area contributed by atoms with Crippen molar-refractivity contribution in [3.05, 3.63) is 52.2 Å². The maximum Gasteiger partial charge on any atom is 0.123 e.